The second kappa shape index (κ2) is 7.27. The lowest BCUT2D eigenvalue weighted by Crippen LogP contribution is -2.36. The maximum Gasteiger partial charge on any atom is 0.198 e. The van der Waals surface area contributed by atoms with Gasteiger partial charge < -0.3 is 5.73 Å². The van der Waals surface area contributed by atoms with Gasteiger partial charge in [-0.2, -0.15) is 0 Å². The molecule has 1 aliphatic carbocycles. The second-order valence-corrected chi connectivity index (χ2v) is 7.53. The molecule has 0 unspecified atom stereocenters. The summed E-state index contributed by atoms with van der Waals surface area (Å²) in [6, 6.07) is 4.55. The molecule has 124 valence electrons. The van der Waals surface area contributed by atoms with Gasteiger partial charge in [0.15, 0.2) is 10.8 Å². The highest BCUT2D eigenvalue weighted by Crippen LogP contribution is 2.38. The lowest BCUT2D eigenvalue weighted by atomic mass is 9.80. The first-order valence-corrected chi connectivity index (χ1v) is 8.59. The molecule has 3 aromatic heterocycles. The SMILES string of the molecule is Cc1ccc(-n2c(-c3nccs3)nnc2C2CC(N)C2)s1.Cl.Cl. The van der Waals surface area contributed by atoms with E-state index >= 15 is 0 Å². The molecule has 0 aliphatic heterocycles. The molecule has 0 amide bonds. The molecule has 5 nitrogen and oxygen atoms in total. The van der Waals surface area contributed by atoms with Gasteiger partial charge in [-0.25, -0.2) is 4.98 Å². The summed E-state index contributed by atoms with van der Waals surface area (Å²) in [5, 5.41) is 12.9. The van der Waals surface area contributed by atoms with E-state index in [0.29, 0.717) is 12.0 Å². The van der Waals surface area contributed by atoms with Gasteiger partial charge in [0.25, 0.3) is 0 Å². The molecule has 23 heavy (non-hydrogen) atoms. The number of aryl methyl sites for hydroxylation is 1. The summed E-state index contributed by atoms with van der Waals surface area (Å²) in [5.41, 5.74) is 5.94. The Labute approximate surface area is 154 Å². The van der Waals surface area contributed by atoms with Gasteiger partial charge in [0.05, 0.1) is 0 Å². The van der Waals surface area contributed by atoms with Crippen LogP contribution in [0, 0.1) is 6.92 Å². The molecule has 0 atom stereocenters. The lowest BCUT2D eigenvalue weighted by molar-refractivity contribution is 0.335. The molecule has 0 saturated heterocycles. The molecule has 2 N–H and O–H groups in total. The monoisotopic (exact) mass is 389 g/mol. The number of nitrogens with two attached hydrogens (primary N) is 1. The predicted octanol–water partition coefficient (Wildman–Crippen LogP) is 3.81. The van der Waals surface area contributed by atoms with Crippen molar-refractivity contribution in [3.63, 3.8) is 0 Å². The Morgan fingerprint density at radius 2 is 2.00 bits per heavy atom. The van der Waals surface area contributed by atoms with E-state index in [-0.39, 0.29) is 24.8 Å². The Morgan fingerprint density at radius 1 is 1.22 bits per heavy atom. The number of halogens is 2. The Hall–Kier alpha value is -0.990. The minimum absolute atomic E-state index is 0. The zero-order valence-corrected chi connectivity index (χ0v) is 15.6. The molecule has 0 aromatic carbocycles. The van der Waals surface area contributed by atoms with Crippen LogP contribution in [0.5, 0.6) is 0 Å². The predicted molar refractivity (Wildman–Crippen MR) is 99.5 cm³/mol. The quantitative estimate of drug-likeness (QED) is 0.738. The van der Waals surface area contributed by atoms with Gasteiger partial charge in [0.1, 0.15) is 10.8 Å². The third kappa shape index (κ3) is 3.29. The maximum absolute atomic E-state index is 5.94. The number of rotatable bonds is 3. The minimum atomic E-state index is 0. The van der Waals surface area contributed by atoms with Crippen LogP contribution >= 0.6 is 47.5 Å². The van der Waals surface area contributed by atoms with E-state index in [1.807, 2.05) is 5.38 Å². The lowest BCUT2D eigenvalue weighted by Gasteiger charge is -2.31. The van der Waals surface area contributed by atoms with Gasteiger partial charge in [0.2, 0.25) is 0 Å². The molecule has 1 fully saturated rings. The van der Waals surface area contributed by atoms with Crippen LogP contribution in [0.15, 0.2) is 23.7 Å². The first kappa shape index (κ1) is 18.4. The van der Waals surface area contributed by atoms with Gasteiger partial charge >= 0.3 is 0 Å². The Balaban J connectivity index is 0.000000960. The highest BCUT2D eigenvalue weighted by Gasteiger charge is 2.33. The van der Waals surface area contributed by atoms with Crippen LogP contribution in [0.3, 0.4) is 0 Å². The van der Waals surface area contributed by atoms with Crippen molar-refractivity contribution in [2.45, 2.75) is 31.7 Å². The fourth-order valence-corrected chi connectivity index (χ4v) is 4.15. The largest absolute Gasteiger partial charge is 0.328 e. The van der Waals surface area contributed by atoms with E-state index in [0.717, 1.165) is 34.5 Å². The Kier molecular flexibility index (Phi) is 5.80. The highest BCUT2D eigenvalue weighted by atomic mass is 35.5. The minimum Gasteiger partial charge on any atom is -0.328 e. The van der Waals surface area contributed by atoms with Crippen molar-refractivity contribution in [3.8, 4) is 15.8 Å². The Bertz CT molecular complexity index is 762. The van der Waals surface area contributed by atoms with Crippen LogP contribution in [0.1, 0.15) is 29.5 Å². The van der Waals surface area contributed by atoms with Crippen molar-refractivity contribution in [2.75, 3.05) is 0 Å². The second-order valence-electron chi connectivity index (χ2n) is 5.37. The van der Waals surface area contributed by atoms with Crippen molar-refractivity contribution >= 4 is 47.5 Å². The topological polar surface area (TPSA) is 69.6 Å². The molecule has 0 bridgehead atoms. The number of aromatic nitrogens is 4. The zero-order valence-electron chi connectivity index (χ0n) is 12.4. The third-order valence-corrected chi connectivity index (χ3v) is 5.55. The van der Waals surface area contributed by atoms with Crippen LogP contribution in [0.2, 0.25) is 0 Å². The van der Waals surface area contributed by atoms with Gasteiger partial charge in [-0.05, 0) is 31.9 Å². The van der Waals surface area contributed by atoms with E-state index in [4.69, 9.17) is 5.73 Å². The smallest absolute Gasteiger partial charge is 0.198 e. The fraction of sp³-hybridized carbons (Fsp3) is 0.357. The van der Waals surface area contributed by atoms with Crippen LogP contribution in [-0.2, 0) is 0 Å². The average Bonchev–Trinajstić information content (AvgIpc) is 3.13. The van der Waals surface area contributed by atoms with Crippen molar-refractivity contribution in [3.05, 3.63) is 34.4 Å². The van der Waals surface area contributed by atoms with Crippen LogP contribution < -0.4 is 5.73 Å². The standard InChI is InChI=1S/C14H15N5S2.2ClH/c1-8-2-3-11(21-8)19-12(9-6-10(15)7-9)17-18-13(19)14-16-4-5-20-14;;/h2-5,9-10H,6-7,15H2,1H3;2*1H. The summed E-state index contributed by atoms with van der Waals surface area (Å²) >= 11 is 3.34. The molecular formula is C14H17Cl2N5S2. The number of thiophene rings is 1. The van der Waals surface area contributed by atoms with Gasteiger partial charge in [-0.3, -0.25) is 4.57 Å². The summed E-state index contributed by atoms with van der Waals surface area (Å²) < 4.78 is 2.16. The van der Waals surface area contributed by atoms with Crippen LogP contribution in [0.4, 0.5) is 0 Å². The number of thiazole rings is 1. The summed E-state index contributed by atoms with van der Waals surface area (Å²) in [6.45, 7) is 2.11. The van der Waals surface area contributed by atoms with E-state index < -0.39 is 0 Å². The molecule has 0 spiro atoms. The third-order valence-electron chi connectivity index (χ3n) is 3.80. The number of hydrogen-bond acceptors (Lipinski definition) is 6. The first-order valence-electron chi connectivity index (χ1n) is 6.90. The van der Waals surface area contributed by atoms with E-state index in [1.165, 1.54) is 4.88 Å². The zero-order chi connectivity index (χ0) is 14.4. The highest BCUT2D eigenvalue weighted by molar-refractivity contribution is 7.14. The first-order chi connectivity index (χ1) is 10.2. The molecular weight excluding hydrogens is 373 g/mol. The van der Waals surface area contributed by atoms with E-state index in [9.17, 15) is 0 Å². The summed E-state index contributed by atoms with van der Waals surface area (Å²) in [7, 11) is 0. The van der Waals surface area contributed by atoms with Crippen molar-refractivity contribution in [2.24, 2.45) is 5.73 Å². The summed E-state index contributed by atoms with van der Waals surface area (Å²) in [4.78, 5) is 5.66. The van der Waals surface area contributed by atoms with Crippen LogP contribution in [0.25, 0.3) is 15.8 Å². The van der Waals surface area contributed by atoms with E-state index in [1.54, 1.807) is 28.9 Å². The fourth-order valence-electron chi connectivity index (χ4n) is 2.66. The molecule has 1 aliphatic rings. The van der Waals surface area contributed by atoms with Gasteiger partial charge in [-0.1, -0.05) is 0 Å². The van der Waals surface area contributed by atoms with Crippen molar-refractivity contribution < 1.29 is 0 Å². The molecule has 0 radical (unpaired) electrons. The molecule has 3 aromatic rings. The molecule has 9 heteroatoms. The van der Waals surface area contributed by atoms with Gasteiger partial charge in [-0.15, -0.1) is 57.7 Å². The maximum atomic E-state index is 5.94. The number of nitrogens with zero attached hydrogens (tertiary/aromatic N) is 4. The molecule has 1 saturated carbocycles. The van der Waals surface area contributed by atoms with E-state index in [2.05, 4.69) is 38.8 Å². The van der Waals surface area contributed by atoms with Crippen molar-refractivity contribution in [1.29, 1.82) is 0 Å². The summed E-state index contributed by atoms with van der Waals surface area (Å²) in [6.07, 6.45) is 3.78. The molecule has 3 heterocycles. The van der Waals surface area contributed by atoms with Crippen molar-refractivity contribution in [1.82, 2.24) is 19.7 Å². The average molecular weight is 390 g/mol. The van der Waals surface area contributed by atoms with Crippen LogP contribution in [-0.4, -0.2) is 25.8 Å². The number of hydrogen-bond donors (Lipinski definition) is 1. The molecule has 4 rings (SSSR count). The summed E-state index contributed by atoms with van der Waals surface area (Å²) in [5.74, 6) is 2.26. The normalized spacial score (nSPS) is 19.6. The van der Waals surface area contributed by atoms with Gasteiger partial charge in [0, 0.05) is 28.4 Å². The Morgan fingerprint density at radius 3 is 2.57 bits per heavy atom.